The van der Waals surface area contributed by atoms with Gasteiger partial charge in [-0.1, -0.05) is 30.0 Å². The minimum absolute atomic E-state index is 0.598. The number of tetrazole rings is 1. The van der Waals surface area contributed by atoms with Gasteiger partial charge in [-0.15, -0.1) is 15.3 Å². The van der Waals surface area contributed by atoms with Crippen LogP contribution in [0.4, 0.5) is 5.69 Å². The van der Waals surface area contributed by atoms with Gasteiger partial charge in [0.2, 0.25) is 0 Å². The zero-order chi connectivity index (χ0) is 21.6. The van der Waals surface area contributed by atoms with Gasteiger partial charge in [-0.3, -0.25) is 0 Å². The molecule has 0 bridgehead atoms. The van der Waals surface area contributed by atoms with Crippen molar-refractivity contribution in [2.24, 2.45) is 0 Å². The molecular formula is C22H26N8S. The Morgan fingerprint density at radius 1 is 0.871 bits per heavy atom. The van der Waals surface area contributed by atoms with Gasteiger partial charge >= 0.3 is 0 Å². The SMILES string of the molecule is CCN(CC)c1ccc(-c2nnc(SCc3nnnn3-c3ccccc3)n2CC)cc1. The van der Waals surface area contributed by atoms with Crippen molar-refractivity contribution in [2.45, 2.75) is 38.2 Å². The van der Waals surface area contributed by atoms with E-state index in [1.165, 1.54) is 5.69 Å². The maximum absolute atomic E-state index is 4.47. The average Bonchev–Trinajstić information content (AvgIpc) is 3.46. The number of para-hydroxylation sites is 1. The molecule has 8 nitrogen and oxygen atoms in total. The van der Waals surface area contributed by atoms with Gasteiger partial charge in [0.05, 0.1) is 11.4 Å². The van der Waals surface area contributed by atoms with Crippen LogP contribution in [0.15, 0.2) is 59.8 Å². The Kier molecular flexibility index (Phi) is 6.61. The molecule has 0 atom stereocenters. The van der Waals surface area contributed by atoms with Gasteiger partial charge in [-0.2, -0.15) is 4.68 Å². The third-order valence-corrected chi connectivity index (χ3v) is 6.12. The highest BCUT2D eigenvalue weighted by Crippen LogP contribution is 2.27. The van der Waals surface area contributed by atoms with Gasteiger partial charge in [-0.05, 0) is 67.6 Å². The molecule has 4 aromatic rings. The number of benzene rings is 2. The van der Waals surface area contributed by atoms with Gasteiger partial charge in [0.25, 0.3) is 0 Å². The molecule has 9 heteroatoms. The molecule has 0 fully saturated rings. The van der Waals surface area contributed by atoms with Gasteiger partial charge in [-0.25, -0.2) is 0 Å². The maximum atomic E-state index is 4.47. The second kappa shape index (κ2) is 9.74. The molecule has 0 spiro atoms. The Balaban J connectivity index is 1.53. The van der Waals surface area contributed by atoms with Crippen molar-refractivity contribution >= 4 is 17.4 Å². The third-order valence-electron chi connectivity index (χ3n) is 5.15. The van der Waals surface area contributed by atoms with Crippen molar-refractivity contribution < 1.29 is 0 Å². The molecule has 0 radical (unpaired) electrons. The quantitative estimate of drug-likeness (QED) is 0.367. The largest absolute Gasteiger partial charge is 0.372 e. The number of thioether (sulfide) groups is 1. The first kappa shape index (κ1) is 21.0. The first-order valence-corrected chi connectivity index (χ1v) is 11.5. The Hall–Kier alpha value is -3.20. The van der Waals surface area contributed by atoms with E-state index in [4.69, 9.17) is 0 Å². The molecule has 0 aliphatic carbocycles. The van der Waals surface area contributed by atoms with Crippen molar-refractivity contribution in [3.63, 3.8) is 0 Å². The van der Waals surface area contributed by atoms with Crippen molar-refractivity contribution in [2.75, 3.05) is 18.0 Å². The van der Waals surface area contributed by atoms with Crippen LogP contribution in [0.2, 0.25) is 0 Å². The molecule has 0 amide bonds. The molecule has 2 aromatic carbocycles. The fourth-order valence-electron chi connectivity index (χ4n) is 3.50. The third kappa shape index (κ3) is 4.46. The van der Waals surface area contributed by atoms with E-state index in [1.807, 2.05) is 30.3 Å². The van der Waals surface area contributed by atoms with E-state index in [9.17, 15) is 0 Å². The molecule has 0 N–H and O–H groups in total. The summed E-state index contributed by atoms with van der Waals surface area (Å²) >= 11 is 1.59. The molecule has 31 heavy (non-hydrogen) atoms. The summed E-state index contributed by atoms with van der Waals surface area (Å²) in [6.45, 7) is 9.21. The molecule has 0 aliphatic heterocycles. The Morgan fingerprint density at radius 2 is 1.61 bits per heavy atom. The van der Waals surface area contributed by atoms with Crippen molar-refractivity contribution in [1.82, 2.24) is 35.0 Å². The maximum Gasteiger partial charge on any atom is 0.191 e. The van der Waals surface area contributed by atoms with E-state index in [-0.39, 0.29) is 0 Å². The smallest absolute Gasteiger partial charge is 0.191 e. The van der Waals surface area contributed by atoms with Crippen LogP contribution >= 0.6 is 11.8 Å². The van der Waals surface area contributed by atoms with E-state index >= 15 is 0 Å². The molecule has 2 aromatic heterocycles. The Bertz CT molecular complexity index is 1100. The predicted molar refractivity (Wildman–Crippen MR) is 123 cm³/mol. The van der Waals surface area contributed by atoms with Crippen LogP contribution in [0.5, 0.6) is 0 Å². The normalized spacial score (nSPS) is 11.1. The van der Waals surface area contributed by atoms with Gasteiger partial charge in [0, 0.05) is 30.9 Å². The number of hydrogen-bond acceptors (Lipinski definition) is 7. The van der Waals surface area contributed by atoms with Crippen LogP contribution in [-0.4, -0.2) is 48.1 Å². The topological polar surface area (TPSA) is 77.6 Å². The van der Waals surface area contributed by atoms with Crippen molar-refractivity contribution in [1.29, 1.82) is 0 Å². The van der Waals surface area contributed by atoms with Crippen LogP contribution in [0.1, 0.15) is 26.6 Å². The van der Waals surface area contributed by atoms with Gasteiger partial charge < -0.3 is 9.47 Å². The zero-order valence-corrected chi connectivity index (χ0v) is 18.8. The Labute approximate surface area is 186 Å². The van der Waals surface area contributed by atoms with Crippen molar-refractivity contribution in [3.8, 4) is 17.1 Å². The number of nitrogens with zero attached hydrogens (tertiary/aromatic N) is 8. The van der Waals surface area contributed by atoms with E-state index < -0.39 is 0 Å². The highest BCUT2D eigenvalue weighted by molar-refractivity contribution is 7.98. The van der Waals surface area contributed by atoms with Gasteiger partial charge in [0.15, 0.2) is 16.8 Å². The van der Waals surface area contributed by atoms with Crippen LogP contribution in [0.3, 0.4) is 0 Å². The summed E-state index contributed by atoms with van der Waals surface area (Å²) in [7, 11) is 0. The molecule has 0 saturated heterocycles. The minimum Gasteiger partial charge on any atom is -0.372 e. The first-order chi connectivity index (χ1) is 15.2. The highest BCUT2D eigenvalue weighted by Gasteiger charge is 2.16. The standard InChI is InChI=1S/C22H26N8S/c1-4-28(5-2)18-14-12-17(13-15-18)21-24-25-22(29(21)6-3)31-16-20-23-26-27-30(20)19-10-8-7-9-11-19/h7-15H,4-6,16H2,1-3H3. The van der Waals surface area contributed by atoms with E-state index in [2.05, 4.69) is 80.2 Å². The van der Waals surface area contributed by atoms with E-state index in [1.54, 1.807) is 16.4 Å². The second-order valence-corrected chi connectivity index (χ2v) is 7.84. The molecule has 2 heterocycles. The van der Waals surface area contributed by atoms with E-state index in [0.717, 1.165) is 47.7 Å². The summed E-state index contributed by atoms with van der Waals surface area (Å²) in [5, 5.41) is 21.9. The summed E-state index contributed by atoms with van der Waals surface area (Å²) in [4.78, 5) is 2.33. The van der Waals surface area contributed by atoms with Crippen LogP contribution in [0.25, 0.3) is 17.1 Å². The average molecular weight is 435 g/mol. The molecule has 4 rings (SSSR count). The van der Waals surface area contributed by atoms with E-state index in [0.29, 0.717) is 5.75 Å². The second-order valence-electron chi connectivity index (χ2n) is 6.90. The zero-order valence-electron chi connectivity index (χ0n) is 18.0. The molecule has 160 valence electrons. The number of anilines is 1. The summed E-state index contributed by atoms with van der Waals surface area (Å²) in [6.07, 6.45) is 0. The summed E-state index contributed by atoms with van der Waals surface area (Å²) in [5.74, 6) is 2.24. The molecule has 0 unspecified atom stereocenters. The highest BCUT2D eigenvalue weighted by atomic mass is 32.2. The predicted octanol–water partition coefficient (Wildman–Crippen LogP) is 4.08. The summed E-state index contributed by atoms with van der Waals surface area (Å²) in [5.41, 5.74) is 3.22. The fraction of sp³-hybridized carbons (Fsp3) is 0.318. The first-order valence-electron chi connectivity index (χ1n) is 10.5. The number of hydrogen-bond donors (Lipinski definition) is 0. The number of aromatic nitrogens is 7. The number of rotatable bonds is 9. The molecule has 0 aliphatic rings. The lowest BCUT2D eigenvalue weighted by molar-refractivity contribution is 0.686. The Morgan fingerprint density at radius 3 is 2.29 bits per heavy atom. The fourth-order valence-corrected chi connectivity index (χ4v) is 4.41. The summed E-state index contributed by atoms with van der Waals surface area (Å²) < 4.78 is 3.89. The lowest BCUT2D eigenvalue weighted by Crippen LogP contribution is -2.21. The minimum atomic E-state index is 0.598. The lowest BCUT2D eigenvalue weighted by Gasteiger charge is -2.21. The summed E-state index contributed by atoms with van der Waals surface area (Å²) in [6, 6.07) is 18.4. The lowest BCUT2D eigenvalue weighted by atomic mass is 10.2. The van der Waals surface area contributed by atoms with Crippen molar-refractivity contribution in [3.05, 3.63) is 60.4 Å². The van der Waals surface area contributed by atoms with Crippen LogP contribution in [-0.2, 0) is 12.3 Å². The molecule has 0 saturated carbocycles. The van der Waals surface area contributed by atoms with Gasteiger partial charge in [0.1, 0.15) is 0 Å². The van der Waals surface area contributed by atoms with Crippen LogP contribution < -0.4 is 4.90 Å². The monoisotopic (exact) mass is 434 g/mol. The molecular weight excluding hydrogens is 408 g/mol. The van der Waals surface area contributed by atoms with Crippen LogP contribution in [0, 0.1) is 0 Å².